The second-order valence-electron chi connectivity index (χ2n) is 4.09. The number of aliphatic hydroxyl groups excluding tert-OH is 1. The molecule has 94 valence electrons. The second-order valence-corrected chi connectivity index (χ2v) is 4.09. The maximum atomic E-state index is 10.5. The highest BCUT2D eigenvalue weighted by Crippen LogP contribution is 2.17. The summed E-state index contributed by atoms with van der Waals surface area (Å²) >= 11 is 0. The molecule has 0 saturated heterocycles. The summed E-state index contributed by atoms with van der Waals surface area (Å²) in [6.07, 6.45) is 4.08. The van der Waals surface area contributed by atoms with Gasteiger partial charge in [0.05, 0.1) is 18.9 Å². The topological polar surface area (TPSA) is 75.3 Å². The number of hydrogen-bond donors (Lipinski definition) is 2. The van der Waals surface area contributed by atoms with Gasteiger partial charge in [-0.15, -0.1) is 0 Å². The van der Waals surface area contributed by atoms with Crippen LogP contribution in [0.3, 0.4) is 0 Å². The molecular weight excluding hydrogens is 232 g/mol. The van der Waals surface area contributed by atoms with Crippen LogP contribution in [0.1, 0.15) is 23.7 Å². The first-order valence-electron chi connectivity index (χ1n) is 5.59. The van der Waals surface area contributed by atoms with Crippen molar-refractivity contribution in [2.45, 2.75) is 19.1 Å². The smallest absolute Gasteiger partial charge is 0.306 e. The summed E-state index contributed by atoms with van der Waals surface area (Å²) in [6.45, 7) is 0.704. The minimum Gasteiger partial charge on any atom is -0.481 e. The molecule has 0 bridgehead atoms. The van der Waals surface area contributed by atoms with Gasteiger partial charge in [-0.2, -0.15) is 0 Å². The molecule has 18 heavy (non-hydrogen) atoms. The number of rotatable bonds is 5. The second kappa shape index (κ2) is 5.46. The van der Waals surface area contributed by atoms with Gasteiger partial charge in [0.25, 0.3) is 0 Å². The molecule has 1 aromatic heterocycles. The summed E-state index contributed by atoms with van der Waals surface area (Å²) in [5.41, 5.74) is 1.69. The molecule has 2 N–H and O–H groups in total. The van der Waals surface area contributed by atoms with Gasteiger partial charge in [-0.1, -0.05) is 24.3 Å². The summed E-state index contributed by atoms with van der Waals surface area (Å²) in [4.78, 5) is 14.4. The molecule has 0 aliphatic rings. The fourth-order valence-electron chi connectivity index (χ4n) is 1.72. The first-order valence-corrected chi connectivity index (χ1v) is 5.59. The zero-order valence-electron chi connectivity index (χ0n) is 9.73. The molecule has 2 rings (SSSR count). The Labute approximate surface area is 104 Å². The highest BCUT2D eigenvalue weighted by molar-refractivity contribution is 5.67. The molecule has 0 amide bonds. The Kier molecular flexibility index (Phi) is 3.74. The van der Waals surface area contributed by atoms with E-state index in [9.17, 15) is 9.90 Å². The Hall–Kier alpha value is -2.14. The number of nitrogens with zero attached hydrogens (tertiary/aromatic N) is 2. The number of aliphatic hydroxyl groups is 1. The van der Waals surface area contributed by atoms with Gasteiger partial charge in [-0.25, -0.2) is 4.98 Å². The van der Waals surface area contributed by atoms with E-state index in [1.807, 2.05) is 22.9 Å². The zero-order chi connectivity index (χ0) is 13.0. The minimum atomic E-state index is -1.01. The van der Waals surface area contributed by atoms with E-state index in [0.29, 0.717) is 12.1 Å². The summed E-state index contributed by atoms with van der Waals surface area (Å²) < 4.78 is 1.93. The quantitative estimate of drug-likeness (QED) is 0.837. The van der Waals surface area contributed by atoms with Crippen LogP contribution < -0.4 is 0 Å². The first-order chi connectivity index (χ1) is 8.65. The van der Waals surface area contributed by atoms with Gasteiger partial charge in [0.2, 0.25) is 0 Å². The summed E-state index contributed by atoms with van der Waals surface area (Å²) in [5.74, 6) is -1.01. The van der Waals surface area contributed by atoms with Crippen molar-refractivity contribution in [2.75, 3.05) is 0 Å². The SMILES string of the molecule is O=C(O)CC(O)c1ccc(Cn2ccnc2)cc1. The molecule has 0 fully saturated rings. The van der Waals surface area contributed by atoms with Crippen LogP contribution in [0.4, 0.5) is 0 Å². The van der Waals surface area contributed by atoms with Crippen LogP contribution in [-0.4, -0.2) is 25.7 Å². The van der Waals surface area contributed by atoms with E-state index in [0.717, 1.165) is 5.56 Å². The van der Waals surface area contributed by atoms with Crippen molar-refractivity contribution in [3.8, 4) is 0 Å². The highest BCUT2D eigenvalue weighted by atomic mass is 16.4. The fourth-order valence-corrected chi connectivity index (χ4v) is 1.72. The maximum Gasteiger partial charge on any atom is 0.306 e. The number of aromatic nitrogens is 2. The van der Waals surface area contributed by atoms with Gasteiger partial charge in [0.15, 0.2) is 0 Å². The Bertz CT molecular complexity index is 506. The Morgan fingerprint density at radius 1 is 1.33 bits per heavy atom. The van der Waals surface area contributed by atoms with Crippen LogP contribution >= 0.6 is 0 Å². The first kappa shape index (κ1) is 12.3. The van der Waals surface area contributed by atoms with Crippen molar-refractivity contribution < 1.29 is 15.0 Å². The molecule has 0 saturated carbocycles. The van der Waals surface area contributed by atoms with E-state index in [2.05, 4.69) is 4.98 Å². The third kappa shape index (κ3) is 3.18. The van der Waals surface area contributed by atoms with Gasteiger partial charge in [-0.3, -0.25) is 4.79 Å². The van der Waals surface area contributed by atoms with Crippen molar-refractivity contribution in [3.05, 3.63) is 54.1 Å². The average Bonchev–Trinajstić information content (AvgIpc) is 2.82. The number of carboxylic acids is 1. The van der Waals surface area contributed by atoms with E-state index in [1.54, 1.807) is 24.7 Å². The van der Waals surface area contributed by atoms with Gasteiger partial charge in [-0.05, 0) is 11.1 Å². The van der Waals surface area contributed by atoms with Gasteiger partial charge >= 0.3 is 5.97 Å². The lowest BCUT2D eigenvalue weighted by Gasteiger charge is -2.09. The number of hydrogen-bond acceptors (Lipinski definition) is 3. The molecule has 5 heteroatoms. The zero-order valence-corrected chi connectivity index (χ0v) is 9.73. The van der Waals surface area contributed by atoms with Crippen LogP contribution in [0.5, 0.6) is 0 Å². The number of carbonyl (C=O) groups is 1. The molecule has 0 radical (unpaired) electrons. The standard InChI is InChI=1S/C13H14N2O3/c16-12(7-13(17)18)11-3-1-10(2-4-11)8-15-6-5-14-9-15/h1-6,9,12,16H,7-8H2,(H,17,18). The molecule has 2 aromatic rings. The van der Waals surface area contributed by atoms with Crippen molar-refractivity contribution in [1.29, 1.82) is 0 Å². The number of imidazole rings is 1. The van der Waals surface area contributed by atoms with Crippen molar-refractivity contribution in [3.63, 3.8) is 0 Å². The molecule has 0 aliphatic carbocycles. The van der Waals surface area contributed by atoms with Crippen LogP contribution in [0.25, 0.3) is 0 Å². The largest absolute Gasteiger partial charge is 0.481 e. The predicted octanol–water partition coefficient (Wildman–Crippen LogP) is 1.44. The van der Waals surface area contributed by atoms with Gasteiger partial charge in [0.1, 0.15) is 0 Å². The number of benzene rings is 1. The maximum absolute atomic E-state index is 10.5. The lowest BCUT2D eigenvalue weighted by molar-refractivity contribution is -0.139. The molecule has 1 atom stereocenters. The van der Waals surface area contributed by atoms with Crippen LogP contribution in [0.15, 0.2) is 43.0 Å². The van der Waals surface area contributed by atoms with E-state index in [4.69, 9.17) is 5.11 Å². The van der Waals surface area contributed by atoms with Crippen LogP contribution in [0, 0.1) is 0 Å². The molecular formula is C13H14N2O3. The molecule has 1 aromatic carbocycles. The lowest BCUT2D eigenvalue weighted by atomic mass is 10.0. The predicted molar refractivity (Wildman–Crippen MR) is 65.0 cm³/mol. The summed E-state index contributed by atoms with van der Waals surface area (Å²) in [5, 5.41) is 18.2. The Morgan fingerprint density at radius 2 is 2.06 bits per heavy atom. The molecule has 0 aliphatic heterocycles. The fraction of sp³-hybridized carbons (Fsp3) is 0.231. The third-order valence-electron chi connectivity index (χ3n) is 2.66. The number of carboxylic acid groups (broad SMARTS) is 1. The Balaban J connectivity index is 2.03. The van der Waals surface area contributed by atoms with E-state index < -0.39 is 12.1 Å². The van der Waals surface area contributed by atoms with Crippen LogP contribution in [-0.2, 0) is 11.3 Å². The van der Waals surface area contributed by atoms with E-state index >= 15 is 0 Å². The number of aliphatic carboxylic acids is 1. The minimum absolute atomic E-state index is 0.277. The van der Waals surface area contributed by atoms with E-state index in [-0.39, 0.29) is 6.42 Å². The average molecular weight is 246 g/mol. The van der Waals surface area contributed by atoms with Gasteiger partial charge in [0, 0.05) is 18.9 Å². The molecule has 5 nitrogen and oxygen atoms in total. The normalized spacial score (nSPS) is 12.3. The van der Waals surface area contributed by atoms with Crippen LogP contribution in [0.2, 0.25) is 0 Å². The molecule has 1 heterocycles. The Morgan fingerprint density at radius 3 is 2.61 bits per heavy atom. The van der Waals surface area contributed by atoms with Gasteiger partial charge < -0.3 is 14.8 Å². The summed E-state index contributed by atoms with van der Waals surface area (Å²) in [6, 6.07) is 7.25. The van der Waals surface area contributed by atoms with Crippen molar-refractivity contribution in [2.24, 2.45) is 0 Å². The monoisotopic (exact) mass is 246 g/mol. The lowest BCUT2D eigenvalue weighted by Crippen LogP contribution is -2.05. The highest BCUT2D eigenvalue weighted by Gasteiger charge is 2.11. The van der Waals surface area contributed by atoms with Crippen molar-refractivity contribution in [1.82, 2.24) is 9.55 Å². The van der Waals surface area contributed by atoms with Crippen molar-refractivity contribution >= 4 is 5.97 Å². The molecule has 0 spiro atoms. The third-order valence-corrected chi connectivity index (χ3v) is 2.66. The van der Waals surface area contributed by atoms with E-state index in [1.165, 1.54) is 0 Å². The molecule has 1 unspecified atom stereocenters. The summed E-state index contributed by atoms with van der Waals surface area (Å²) in [7, 11) is 0.